The molecule has 4 aliphatic heterocycles. The molecule has 4 aliphatic rings. The van der Waals surface area contributed by atoms with E-state index in [1.807, 2.05) is 202 Å². The Morgan fingerprint density at radius 1 is 0.526 bits per heavy atom. The summed E-state index contributed by atoms with van der Waals surface area (Å²) in [6.07, 6.45) is -1.56. The molecule has 2 aromatic heterocycles. The van der Waals surface area contributed by atoms with Crippen molar-refractivity contribution in [3.8, 4) is 73.3 Å². The molecular formula is C72H64N4O2. The van der Waals surface area contributed by atoms with Crippen LogP contribution in [0.15, 0.2) is 212 Å². The van der Waals surface area contributed by atoms with Gasteiger partial charge in [0.05, 0.1) is 32.2 Å². The van der Waals surface area contributed by atoms with E-state index in [4.69, 9.17) is 14.5 Å². The number of hydrogen-bond donors (Lipinski definition) is 0. The van der Waals surface area contributed by atoms with Crippen LogP contribution in [0.5, 0.6) is 23.0 Å². The maximum Gasteiger partial charge on any atom is 0.137 e. The standard InChI is InChI=1S/C72H64N4O2/c1-46(2)35-48-17-15-20-53(37-48)60-38-49(36-47(3)4)39-62-59-23-11-14-26-69(59)78-55-30-27-51(28-31-55)63-44-73-70(43-64(63)72(5,6)7)76-65-34-29-52(50-18-9-8-10-19-50)40-61(65)58-33-32-57(42-68(58)76)77-56-22-16-21-54(41-56)74-45-75(71(60)62)67-25-13-12-24-66(67)74/h8-34,37-44,46-47H,35-36,45H2,1-7H3/i29D,34D,35D2,36D2,40D. The van der Waals surface area contributed by atoms with Gasteiger partial charge in [-0.05, 0) is 154 Å². The molecule has 0 spiro atoms. The van der Waals surface area contributed by atoms with E-state index in [0.29, 0.717) is 74.2 Å². The van der Waals surface area contributed by atoms with Crippen molar-refractivity contribution >= 4 is 44.6 Å². The Kier molecular flexibility index (Phi) is 10.4. The molecule has 15 rings (SSSR count). The molecule has 0 aliphatic carbocycles. The highest BCUT2D eigenvalue weighted by atomic mass is 16.5. The predicted octanol–water partition coefficient (Wildman–Crippen LogP) is 19.7. The largest absolute Gasteiger partial charge is 0.457 e. The zero-order chi connectivity index (χ0) is 59.4. The van der Waals surface area contributed by atoms with Crippen molar-refractivity contribution in [2.24, 2.45) is 11.8 Å². The number of aromatic nitrogens is 2. The van der Waals surface area contributed by atoms with Crippen LogP contribution in [0.2, 0.25) is 0 Å². The Morgan fingerprint density at radius 2 is 1.22 bits per heavy atom. The van der Waals surface area contributed by atoms with Crippen LogP contribution in [0.25, 0.3) is 72.1 Å². The predicted molar refractivity (Wildman–Crippen MR) is 325 cm³/mol. The van der Waals surface area contributed by atoms with Crippen LogP contribution >= 0.6 is 0 Å². The minimum atomic E-state index is -1.78. The van der Waals surface area contributed by atoms with E-state index in [0.717, 1.165) is 67.1 Å². The fourth-order valence-electron chi connectivity index (χ4n) is 11.2. The Balaban J connectivity index is 1.07. The second kappa shape index (κ2) is 19.6. The molecule has 0 amide bonds. The first-order valence-electron chi connectivity index (χ1n) is 30.4. The molecule has 6 heteroatoms. The highest BCUT2D eigenvalue weighted by molar-refractivity contribution is 6.11. The molecule has 78 heavy (non-hydrogen) atoms. The van der Waals surface area contributed by atoms with Gasteiger partial charge in [-0.1, -0.05) is 158 Å². The molecule has 0 radical (unpaired) electrons. The van der Waals surface area contributed by atoms with Crippen molar-refractivity contribution in [1.82, 2.24) is 9.55 Å². The summed E-state index contributed by atoms with van der Waals surface area (Å²) in [5.41, 5.74) is 12.0. The first-order valence-corrected chi connectivity index (χ1v) is 26.9. The average molecular weight is 1020 g/mol. The smallest absolute Gasteiger partial charge is 0.137 e. The van der Waals surface area contributed by atoms with Gasteiger partial charge in [-0.25, -0.2) is 4.98 Å². The van der Waals surface area contributed by atoms with E-state index >= 15 is 0 Å². The molecule has 9 aromatic carbocycles. The molecule has 0 unspecified atom stereocenters. The molecule has 10 bridgehead atoms. The number of nitrogens with zero attached hydrogens (tertiary/aromatic N) is 4. The molecule has 6 heterocycles. The van der Waals surface area contributed by atoms with E-state index in [-0.39, 0.29) is 24.0 Å². The van der Waals surface area contributed by atoms with Gasteiger partial charge in [0.15, 0.2) is 0 Å². The quantitative estimate of drug-likeness (QED) is 0.166. The van der Waals surface area contributed by atoms with Gasteiger partial charge in [0.25, 0.3) is 0 Å². The number of fused-ring (bicyclic) bond motifs is 5. The van der Waals surface area contributed by atoms with Crippen molar-refractivity contribution in [3.63, 3.8) is 0 Å². The Bertz CT molecular complexity index is 4450. The molecule has 6 nitrogen and oxygen atoms in total. The first-order chi connectivity index (χ1) is 40.7. The van der Waals surface area contributed by atoms with E-state index in [1.54, 1.807) is 0 Å². The van der Waals surface area contributed by atoms with Crippen LogP contribution in [0.1, 0.15) is 74.8 Å². The monoisotopic (exact) mass is 1020 g/mol. The maximum absolute atomic E-state index is 9.84. The Hall–Kier alpha value is -8.87. The van der Waals surface area contributed by atoms with Gasteiger partial charge in [-0.2, -0.15) is 0 Å². The van der Waals surface area contributed by atoms with Crippen LogP contribution in [0, 0.1) is 11.8 Å². The summed E-state index contributed by atoms with van der Waals surface area (Å²) < 4.78 is 82.9. The fourth-order valence-corrected chi connectivity index (χ4v) is 11.2. The summed E-state index contributed by atoms with van der Waals surface area (Å²) in [5, 5.41) is 1.27. The fraction of sp³-hybridized carbons (Fsp3) is 0.181. The van der Waals surface area contributed by atoms with E-state index < -0.39 is 24.1 Å². The van der Waals surface area contributed by atoms with Crippen molar-refractivity contribution < 1.29 is 19.1 Å². The van der Waals surface area contributed by atoms with Crippen LogP contribution in [0.4, 0.5) is 22.7 Å². The molecule has 384 valence electrons. The molecule has 11 aromatic rings. The van der Waals surface area contributed by atoms with Crippen LogP contribution in [-0.2, 0) is 18.2 Å². The summed E-state index contributed by atoms with van der Waals surface area (Å²) in [6, 6.07) is 61.1. The summed E-state index contributed by atoms with van der Waals surface area (Å²) >= 11 is 0. The van der Waals surface area contributed by atoms with Gasteiger partial charge in [-0.15, -0.1) is 0 Å². The summed E-state index contributed by atoms with van der Waals surface area (Å²) in [5.74, 6) is 2.05. The number of hydrogen-bond acceptors (Lipinski definition) is 5. The second-order valence-corrected chi connectivity index (χ2v) is 22.0. The number of para-hydroxylation sites is 3. The molecule has 0 saturated heterocycles. The van der Waals surface area contributed by atoms with Crippen molar-refractivity contribution in [2.45, 2.75) is 66.6 Å². The summed E-state index contributed by atoms with van der Waals surface area (Å²) in [4.78, 5) is 9.72. The van der Waals surface area contributed by atoms with Gasteiger partial charge in [0.1, 0.15) is 35.5 Å². The number of pyridine rings is 1. The Morgan fingerprint density at radius 3 is 2.01 bits per heavy atom. The van der Waals surface area contributed by atoms with Gasteiger partial charge >= 0.3 is 0 Å². The zero-order valence-corrected chi connectivity index (χ0v) is 44.9. The lowest BCUT2D eigenvalue weighted by molar-refractivity contribution is 0.483. The minimum absolute atomic E-state index is 0.0151. The third kappa shape index (κ3) is 9.05. The van der Waals surface area contributed by atoms with E-state index in [1.165, 1.54) is 0 Å². The number of benzene rings is 9. The van der Waals surface area contributed by atoms with Crippen molar-refractivity contribution in [1.29, 1.82) is 0 Å². The molecular weight excluding hydrogens is 953 g/mol. The number of ether oxygens (including phenoxy) is 2. The maximum atomic E-state index is 9.84. The van der Waals surface area contributed by atoms with Crippen LogP contribution in [-0.4, -0.2) is 16.2 Å². The normalized spacial score (nSPS) is 14.7. The molecule has 0 atom stereocenters. The lowest BCUT2D eigenvalue weighted by atomic mass is 9.82. The lowest BCUT2D eigenvalue weighted by Crippen LogP contribution is -2.25. The highest BCUT2D eigenvalue weighted by Gasteiger charge is 2.33. The van der Waals surface area contributed by atoms with E-state index in [2.05, 4.69) is 54.8 Å². The Labute approximate surface area is 468 Å². The average Bonchev–Trinajstić information content (AvgIpc) is 1.73. The van der Waals surface area contributed by atoms with Gasteiger partial charge in [-0.3, -0.25) is 4.57 Å². The van der Waals surface area contributed by atoms with Crippen LogP contribution < -0.4 is 19.3 Å². The zero-order valence-electron chi connectivity index (χ0n) is 51.9. The summed E-state index contributed by atoms with van der Waals surface area (Å²) in [7, 11) is 0. The molecule has 0 saturated carbocycles. The topological polar surface area (TPSA) is 42.8 Å². The molecule has 0 N–H and O–H groups in total. The SMILES string of the molecule is [2H]c1c(-c2ccccc2)c([2H])c2c3ccc4cc3n(c2c1[2H])-c1cc(C(C)(C)C)c(cn1)-c1ccc(cc1)Oc1ccccc1-c1cc(C([2H])([2H])C(C)C)cc(-c2cccc(C([2H])([2H])C(C)C)c2)c1N1CN(c2cccc(c2)O4)c2ccccc21. The number of rotatable bonds is 6. The van der Waals surface area contributed by atoms with Crippen molar-refractivity contribution in [2.75, 3.05) is 16.5 Å². The van der Waals surface area contributed by atoms with E-state index in [9.17, 15) is 9.60 Å². The van der Waals surface area contributed by atoms with Gasteiger partial charge in [0.2, 0.25) is 0 Å². The van der Waals surface area contributed by atoms with Crippen LogP contribution in [0.3, 0.4) is 0 Å². The molecule has 0 fully saturated rings. The first kappa shape index (κ1) is 41.3. The minimum Gasteiger partial charge on any atom is -0.457 e. The van der Waals surface area contributed by atoms with Gasteiger partial charge < -0.3 is 19.3 Å². The highest BCUT2D eigenvalue weighted by Crippen LogP contribution is 2.53. The third-order valence-corrected chi connectivity index (χ3v) is 14.6. The third-order valence-electron chi connectivity index (χ3n) is 14.6. The lowest BCUT2D eigenvalue weighted by Gasteiger charge is -2.29. The van der Waals surface area contributed by atoms with Gasteiger partial charge in [0, 0.05) is 62.5 Å². The summed E-state index contributed by atoms with van der Waals surface area (Å²) in [6.45, 7) is 14.4. The van der Waals surface area contributed by atoms with Crippen molar-refractivity contribution in [3.05, 3.63) is 229 Å². The number of anilines is 4. The second-order valence-electron chi connectivity index (χ2n) is 22.0.